The van der Waals surface area contributed by atoms with E-state index in [-0.39, 0.29) is 12.1 Å². The van der Waals surface area contributed by atoms with Gasteiger partial charge in [0.05, 0.1) is 24.6 Å². The highest BCUT2D eigenvalue weighted by atomic mass is 19.1. The number of carbonyl (C=O) groups excluding carboxylic acids is 2. The predicted molar refractivity (Wildman–Crippen MR) is 81.7 cm³/mol. The lowest BCUT2D eigenvalue weighted by Gasteiger charge is -2.26. The Morgan fingerprint density at radius 1 is 1.33 bits per heavy atom. The summed E-state index contributed by atoms with van der Waals surface area (Å²) >= 11 is 0. The van der Waals surface area contributed by atoms with Crippen molar-refractivity contribution in [3.63, 3.8) is 0 Å². The van der Waals surface area contributed by atoms with Crippen LogP contribution in [-0.2, 0) is 20.8 Å². The summed E-state index contributed by atoms with van der Waals surface area (Å²) in [6.07, 6.45) is -0.841. The second kappa shape index (κ2) is 7.71. The van der Waals surface area contributed by atoms with E-state index in [9.17, 15) is 24.1 Å². The third-order valence-electron chi connectivity index (χ3n) is 2.80. The number of nitro groups is 1. The predicted octanol–water partition coefficient (Wildman–Crippen LogP) is 2.64. The molecule has 0 unspecified atom stereocenters. The molecule has 0 aliphatic heterocycles. The van der Waals surface area contributed by atoms with Gasteiger partial charge in [0.25, 0.3) is 5.69 Å². The van der Waals surface area contributed by atoms with Gasteiger partial charge < -0.3 is 9.47 Å². The highest BCUT2D eigenvalue weighted by Gasteiger charge is 2.27. The van der Waals surface area contributed by atoms with Crippen LogP contribution in [0.5, 0.6) is 0 Å². The van der Waals surface area contributed by atoms with E-state index in [1.165, 1.54) is 6.07 Å². The Hall–Kier alpha value is -2.71. The summed E-state index contributed by atoms with van der Waals surface area (Å²) in [6, 6.07) is 2.97. The number of halogens is 1. The minimum Gasteiger partial charge on any atom is -0.468 e. The molecule has 8 nitrogen and oxygen atoms in total. The van der Waals surface area contributed by atoms with Crippen molar-refractivity contribution in [3.8, 4) is 0 Å². The van der Waals surface area contributed by atoms with Crippen LogP contribution in [0.3, 0.4) is 0 Å². The minimum absolute atomic E-state index is 0.0659. The number of hydrogen-bond acceptors (Lipinski definition) is 6. The summed E-state index contributed by atoms with van der Waals surface area (Å²) in [6.45, 7) is 4.16. The molecule has 1 aromatic rings. The number of carbonyl (C=O) groups is 2. The van der Waals surface area contributed by atoms with Crippen LogP contribution >= 0.6 is 0 Å². The van der Waals surface area contributed by atoms with Gasteiger partial charge in [-0.25, -0.2) is 9.18 Å². The number of esters is 1. The molecular weight excluding hydrogens is 323 g/mol. The molecular formula is C15H19FN2O6. The highest BCUT2D eigenvalue weighted by molar-refractivity contribution is 5.78. The molecule has 24 heavy (non-hydrogen) atoms. The fourth-order valence-electron chi connectivity index (χ4n) is 1.78. The van der Waals surface area contributed by atoms with Crippen LogP contribution in [0.2, 0.25) is 0 Å². The topological polar surface area (TPSA) is 99.0 Å². The van der Waals surface area contributed by atoms with E-state index in [1.807, 2.05) is 0 Å². The van der Waals surface area contributed by atoms with Gasteiger partial charge in [-0.15, -0.1) is 0 Å². The Morgan fingerprint density at radius 2 is 1.96 bits per heavy atom. The Bertz CT molecular complexity index is 641. The number of rotatable bonds is 5. The molecule has 0 aromatic heterocycles. The molecule has 0 spiro atoms. The first-order valence-electron chi connectivity index (χ1n) is 7.01. The van der Waals surface area contributed by atoms with Gasteiger partial charge in [0.2, 0.25) is 0 Å². The summed E-state index contributed by atoms with van der Waals surface area (Å²) in [5, 5.41) is 11.0. The Morgan fingerprint density at radius 3 is 2.46 bits per heavy atom. The van der Waals surface area contributed by atoms with E-state index in [0.29, 0.717) is 0 Å². The van der Waals surface area contributed by atoms with Gasteiger partial charge in [-0.1, -0.05) is 0 Å². The lowest BCUT2D eigenvalue weighted by molar-refractivity contribution is -0.385. The number of nitro benzene ring substituents is 1. The van der Waals surface area contributed by atoms with Crippen molar-refractivity contribution in [2.75, 3.05) is 13.7 Å². The van der Waals surface area contributed by atoms with E-state index >= 15 is 0 Å². The standard InChI is InChI=1S/C15H19FN2O6/c1-15(2,3)24-14(20)17(9-13(19)23-4)8-10-5-6-11(16)7-12(10)18(21)22/h5-7H,8-9H2,1-4H3. The molecule has 0 N–H and O–H groups in total. The molecule has 0 atom stereocenters. The largest absolute Gasteiger partial charge is 0.468 e. The molecule has 0 saturated carbocycles. The second-order valence-corrected chi connectivity index (χ2v) is 5.94. The maximum absolute atomic E-state index is 13.2. The fraction of sp³-hybridized carbons (Fsp3) is 0.467. The van der Waals surface area contributed by atoms with Crippen molar-refractivity contribution < 1.29 is 28.4 Å². The monoisotopic (exact) mass is 342 g/mol. The van der Waals surface area contributed by atoms with E-state index in [0.717, 1.165) is 24.1 Å². The van der Waals surface area contributed by atoms with Gasteiger partial charge >= 0.3 is 12.1 Å². The zero-order valence-electron chi connectivity index (χ0n) is 13.9. The Balaban J connectivity index is 3.11. The Labute approximate surface area is 138 Å². The van der Waals surface area contributed by atoms with Crippen LogP contribution in [0, 0.1) is 15.9 Å². The van der Waals surface area contributed by atoms with Gasteiger partial charge in [0, 0.05) is 5.56 Å². The molecule has 0 radical (unpaired) electrons. The highest BCUT2D eigenvalue weighted by Crippen LogP contribution is 2.22. The average Bonchev–Trinajstić information content (AvgIpc) is 2.45. The average molecular weight is 342 g/mol. The zero-order valence-corrected chi connectivity index (χ0v) is 13.9. The van der Waals surface area contributed by atoms with Crippen LogP contribution in [0.1, 0.15) is 26.3 Å². The van der Waals surface area contributed by atoms with Crippen LogP contribution in [0.25, 0.3) is 0 Å². The van der Waals surface area contributed by atoms with Gasteiger partial charge in [0.1, 0.15) is 18.0 Å². The van der Waals surface area contributed by atoms with Gasteiger partial charge in [-0.05, 0) is 32.9 Å². The molecule has 0 saturated heterocycles. The summed E-state index contributed by atoms with van der Waals surface area (Å²) < 4.78 is 22.9. The molecule has 0 aliphatic rings. The molecule has 9 heteroatoms. The molecule has 0 fully saturated rings. The van der Waals surface area contributed by atoms with Crippen molar-refractivity contribution >= 4 is 17.7 Å². The Kier molecular flexibility index (Phi) is 6.21. The zero-order chi connectivity index (χ0) is 18.5. The third-order valence-corrected chi connectivity index (χ3v) is 2.80. The van der Waals surface area contributed by atoms with Crippen molar-refractivity contribution in [2.45, 2.75) is 32.9 Å². The number of nitrogens with zero attached hydrogens (tertiary/aromatic N) is 2. The first-order valence-corrected chi connectivity index (χ1v) is 7.01. The first-order chi connectivity index (χ1) is 11.0. The van der Waals surface area contributed by atoms with Crippen LogP contribution in [0.15, 0.2) is 18.2 Å². The summed E-state index contributed by atoms with van der Waals surface area (Å²) in [5.41, 5.74) is -1.25. The second-order valence-electron chi connectivity index (χ2n) is 5.94. The quantitative estimate of drug-likeness (QED) is 0.463. The van der Waals surface area contributed by atoms with Crippen LogP contribution in [-0.4, -0.2) is 41.1 Å². The maximum Gasteiger partial charge on any atom is 0.411 e. The number of amides is 1. The molecule has 0 heterocycles. The SMILES string of the molecule is COC(=O)CN(Cc1ccc(F)cc1[N+](=O)[O-])C(=O)OC(C)(C)C. The normalized spacial score (nSPS) is 10.9. The third kappa shape index (κ3) is 5.82. The molecule has 1 rings (SSSR count). The molecule has 0 aliphatic carbocycles. The smallest absolute Gasteiger partial charge is 0.411 e. The van der Waals surface area contributed by atoms with E-state index < -0.39 is 40.6 Å². The molecule has 1 amide bonds. The number of hydrogen-bond donors (Lipinski definition) is 0. The minimum atomic E-state index is -0.841. The summed E-state index contributed by atoms with van der Waals surface area (Å²) in [7, 11) is 1.15. The van der Waals surface area contributed by atoms with Crippen molar-refractivity contribution in [2.24, 2.45) is 0 Å². The number of ether oxygens (including phenoxy) is 2. The van der Waals surface area contributed by atoms with E-state index in [2.05, 4.69) is 4.74 Å². The molecule has 1 aromatic carbocycles. The summed E-state index contributed by atoms with van der Waals surface area (Å²) in [5.74, 6) is -1.49. The maximum atomic E-state index is 13.2. The molecule has 0 bridgehead atoms. The van der Waals surface area contributed by atoms with Crippen molar-refractivity contribution in [1.29, 1.82) is 0 Å². The molecule has 132 valence electrons. The first kappa shape index (κ1) is 19.3. The number of methoxy groups -OCH3 is 1. The lowest BCUT2D eigenvalue weighted by Crippen LogP contribution is -2.39. The van der Waals surface area contributed by atoms with Crippen molar-refractivity contribution in [1.82, 2.24) is 4.90 Å². The van der Waals surface area contributed by atoms with Gasteiger partial charge in [0.15, 0.2) is 0 Å². The lowest BCUT2D eigenvalue weighted by atomic mass is 10.1. The van der Waals surface area contributed by atoms with E-state index in [1.54, 1.807) is 20.8 Å². The van der Waals surface area contributed by atoms with E-state index in [4.69, 9.17) is 4.74 Å². The van der Waals surface area contributed by atoms with Crippen LogP contribution in [0.4, 0.5) is 14.9 Å². The van der Waals surface area contributed by atoms with Crippen LogP contribution < -0.4 is 0 Å². The number of benzene rings is 1. The van der Waals surface area contributed by atoms with Gasteiger partial charge in [-0.2, -0.15) is 0 Å². The fourth-order valence-corrected chi connectivity index (χ4v) is 1.78. The van der Waals surface area contributed by atoms with Crippen molar-refractivity contribution in [3.05, 3.63) is 39.7 Å². The van der Waals surface area contributed by atoms with Gasteiger partial charge in [-0.3, -0.25) is 19.8 Å². The summed E-state index contributed by atoms with van der Waals surface area (Å²) in [4.78, 5) is 34.9.